The van der Waals surface area contributed by atoms with Crippen molar-refractivity contribution in [3.63, 3.8) is 0 Å². The number of rotatable bonds is 9. The first-order valence-electron chi connectivity index (χ1n) is 18.5. The monoisotopic (exact) mass is 729 g/mol. The SMILES string of the molecule is C=CCN(C)c1ccc2[c](c1)[Ge]([CH3])([CH3])[C]1=CC(=[N+](C)CC=C)C=CC1=C2c1cc(-c2ccc3c(CC)c4ccccc4c(CC)c3c2)ccc1C. The van der Waals surface area contributed by atoms with Gasteiger partial charge < -0.3 is 0 Å². The van der Waals surface area contributed by atoms with Crippen LogP contribution < -0.4 is 9.30 Å². The molecule has 0 saturated heterocycles. The second-order valence-electron chi connectivity index (χ2n) is 14.8. The van der Waals surface area contributed by atoms with E-state index < -0.39 is 13.3 Å². The van der Waals surface area contributed by atoms with Gasteiger partial charge in [-0.25, -0.2) is 0 Å². The van der Waals surface area contributed by atoms with E-state index in [4.69, 9.17) is 0 Å². The van der Waals surface area contributed by atoms with Crippen molar-refractivity contribution in [2.24, 2.45) is 0 Å². The third-order valence-electron chi connectivity index (χ3n) is 11.4. The Bertz CT molecular complexity index is 2380. The van der Waals surface area contributed by atoms with Crippen molar-refractivity contribution in [2.45, 2.75) is 45.1 Å². The fourth-order valence-electron chi connectivity index (χ4n) is 8.56. The molecule has 0 radical (unpaired) electrons. The minimum absolute atomic E-state index is 0.818. The molecule has 0 bridgehead atoms. The zero-order chi connectivity index (χ0) is 36.0. The molecule has 1 aliphatic carbocycles. The van der Waals surface area contributed by atoms with Gasteiger partial charge in [0, 0.05) is 0 Å². The minimum atomic E-state index is -2.76. The fourth-order valence-corrected chi connectivity index (χ4v) is 15.0. The predicted octanol–water partition coefficient (Wildman–Crippen LogP) is 10.8. The Balaban J connectivity index is 1.47. The summed E-state index contributed by atoms with van der Waals surface area (Å²) in [5.74, 6) is 5.14. The van der Waals surface area contributed by atoms with E-state index in [2.05, 4.69) is 166 Å². The molecule has 0 unspecified atom stereocenters. The van der Waals surface area contributed by atoms with Gasteiger partial charge in [0.2, 0.25) is 0 Å². The van der Waals surface area contributed by atoms with Gasteiger partial charge in [0.05, 0.1) is 0 Å². The Hall–Kier alpha value is -4.67. The molecule has 2 aliphatic rings. The predicted molar refractivity (Wildman–Crippen MR) is 227 cm³/mol. The van der Waals surface area contributed by atoms with Crippen LogP contribution in [0.15, 0.2) is 132 Å². The van der Waals surface area contributed by atoms with Crippen LogP contribution in [0, 0.1) is 6.92 Å². The number of allylic oxidation sites excluding steroid dienone is 5. The van der Waals surface area contributed by atoms with Crippen LogP contribution in [0.1, 0.15) is 41.7 Å². The molecule has 0 aromatic heterocycles. The molecule has 5 aromatic rings. The first-order chi connectivity index (χ1) is 24.6. The quantitative estimate of drug-likeness (QED) is 0.0634. The first-order valence-corrected chi connectivity index (χ1v) is 24.8. The molecule has 7 rings (SSSR count). The van der Waals surface area contributed by atoms with Crippen molar-refractivity contribution in [1.29, 1.82) is 0 Å². The number of hydrogen-bond acceptors (Lipinski definition) is 1. The topological polar surface area (TPSA) is 6.25 Å². The molecule has 0 atom stereocenters. The average Bonchev–Trinajstić information content (AvgIpc) is 3.14. The van der Waals surface area contributed by atoms with E-state index in [1.54, 1.807) is 0 Å². The number of benzene rings is 5. The molecule has 256 valence electrons. The zero-order valence-electron chi connectivity index (χ0n) is 31.5. The van der Waals surface area contributed by atoms with Gasteiger partial charge in [-0.15, -0.1) is 0 Å². The van der Waals surface area contributed by atoms with Crippen molar-refractivity contribution in [1.82, 2.24) is 0 Å². The summed E-state index contributed by atoms with van der Waals surface area (Å²) in [6.07, 6.45) is 13.2. The van der Waals surface area contributed by atoms with Gasteiger partial charge >= 0.3 is 284 Å². The van der Waals surface area contributed by atoms with E-state index in [9.17, 15) is 0 Å². The van der Waals surface area contributed by atoms with Crippen LogP contribution >= 0.6 is 0 Å². The van der Waals surface area contributed by atoms with E-state index in [-0.39, 0.29) is 0 Å². The van der Waals surface area contributed by atoms with E-state index in [1.807, 2.05) is 12.2 Å². The molecular formula is C48H51GeN2+. The van der Waals surface area contributed by atoms with Gasteiger partial charge in [-0.3, -0.25) is 0 Å². The normalized spacial score (nSPS) is 15.8. The van der Waals surface area contributed by atoms with Gasteiger partial charge in [0.1, 0.15) is 0 Å². The summed E-state index contributed by atoms with van der Waals surface area (Å²) >= 11 is -2.76. The molecule has 3 heteroatoms. The van der Waals surface area contributed by atoms with E-state index in [0.29, 0.717) is 0 Å². The third-order valence-corrected chi connectivity index (χ3v) is 18.8. The Morgan fingerprint density at radius 2 is 1.41 bits per heavy atom. The van der Waals surface area contributed by atoms with Crippen molar-refractivity contribution in [2.75, 3.05) is 32.1 Å². The standard InChI is InChI=1S/C48H51GeN2/c1-10-26-50(8)35-21-24-42-46(30-35)49(6,7)47-31-36(51(9)27-11-2)22-25-43(47)48(42)44-28-33(19-18-32(44)5)34-20-23-41-37(12-3)39-16-14-15-17-40(39)38(13-4)45(41)29-34/h10-11,14-25,28-31H,1-2,12-13,26-27H2,3-9H3/q+1. The maximum atomic E-state index is 4.01. The van der Waals surface area contributed by atoms with Crippen LogP contribution in [0.4, 0.5) is 5.69 Å². The van der Waals surface area contributed by atoms with Crippen LogP contribution in [-0.4, -0.2) is 50.7 Å². The van der Waals surface area contributed by atoms with Crippen molar-refractivity contribution >= 4 is 56.2 Å². The Labute approximate surface area is 307 Å². The summed E-state index contributed by atoms with van der Waals surface area (Å²) < 4.78 is 5.38. The van der Waals surface area contributed by atoms with Crippen molar-refractivity contribution < 1.29 is 4.58 Å². The zero-order valence-corrected chi connectivity index (χ0v) is 33.6. The van der Waals surface area contributed by atoms with Gasteiger partial charge in [0.25, 0.3) is 0 Å². The van der Waals surface area contributed by atoms with Crippen LogP contribution in [-0.2, 0) is 12.8 Å². The summed E-state index contributed by atoms with van der Waals surface area (Å²) in [6, 6.07) is 30.5. The molecule has 2 nitrogen and oxygen atoms in total. The summed E-state index contributed by atoms with van der Waals surface area (Å²) in [5.41, 5.74) is 14.7. The van der Waals surface area contributed by atoms with E-state index >= 15 is 0 Å². The van der Waals surface area contributed by atoms with Crippen molar-refractivity contribution in [3.8, 4) is 11.1 Å². The summed E-state index contributed by atoms with van der Waals surface area (Å²) in [5, 5.41) is 5.56. The molecule has 0 amide bonds. The summed E-state index contributed by atoms with van der Waals surface area (Å²) in [7, 11) is 4.33. The molecule has 1 heterocycles. The van der Waals surface area contributed by atoms with Gasteiger partial charge in [-0.1, -0.05) is 25.1 Å². The maximum absolute atomic E-state index is 4.01. The Morgan fingerprint density at radius 3 is 2.10 bits per heavy atom. The number of nitrogens with zero attached hydrogens (tertiary/aromatic N) is 2. The number of likely N-dealkylation sites (N-methyl/N-ethyl adjacent to an activating group) is 2. The Kier molecular flexibility index (Phi) is 9.41. The molecule has 51 heavy (non-hydrogen) atoms. The Morgan fingerprint density at radius 1 is 0.745 bits per heavy atom. The second-order valence-corrected chi connectivity index (χ2v) is 23.9. The number of aryl methyl sites for hydroxylation is 3. The molecule has 0 fully saturated rings. The molecular weight excluding hydrogens is 677 g/mol. The summed E-state index contributed by atoms with van der Waals surface area (Å²) in [6.45, 7) is 16.5. The number of fused-ring (bicyclic) bond motifs is 4. The van der Waals surface area contributed by atoms with Gasteiger partial charge in [-0.2, -0.15) is 0 Å². The molecule has 5 aromatic carbocycles. The van der Waals surface area contributed by atoms with Crippen LogP contribution in [0.25, 0.3) is 38.2 Å². The second kappa shape index (κ2) is 13.8. The summed E-state index contributed by atoms with van der Waals surface area (Å²) in [4.78, 5) is 2.30. The van der Waals surface area contributed by atoms with Crippen LogP contribution in [0.5, 0.6) is 0 Å². The average molecular weight is 729 g/mol. The molecule has 0 spiro atoms. The molecule has 1 aliphatic heterocycles. The van der Waals surface area contributed by atoms with E-state index in [1.165, 1.54) is 91.8 Å². The first kappa shape index (κ1) is 34.8. The van der Waals surface area contributed by atoms with Crippen LogP contribution in [0.3, 0.4) is 0 Å². The van der Waals surface area contributed by atoms with Gasteiger partial charge in [-0.05, 0) is 0 Å². The third kappa shape index (κ3) is 5.88. The molecule has 0 N–H and O–H groups in total. The number of hydrogen-bond donors (Lipinski definition) is 0. The van der Waals surface area contributed by atoms with Crippen molar-refractivity contribution in [3.05, 3.63) is 160 Å². The van der Waals surface area contributed by atoms with Crippen LogP contribution in [0.2, 0.25) is 11.5 Å². The number of anilines is 1. The van der Waals surface area contributed by atoms with E-state index in [0.717, 1.165) is 25.9 Å². The van der Waals surface area contributed by atoms with Gasteiger partial charge in [0.15, 0.2) is 0 Å². The fraction of sp³-hybridized carbons (Fsp3) is 0.229. The molecule has 0 saturated carbocycles.